The lowest BCUT2D eigenvalue weighted by molar-refractivity contribution is -0.121. The van der Waals surface area contributed by atoms with Crippen LogP contribution in [0.15, 0.2) is 0 Å². The number of carbonyl (C=O) groups is 1. The summed E-state index contributed by atoms with van der Waals surface area (Å²) in [6, 6.07) is 1.72. The molecule has 1 aromatic rings. The molecule has 0 aliphatic heterocycles. The number of nitriles is 1. The Kier molecular flexibility index (Phi) is 6.60. The second-order valence-electron chi connectivity index (χ2n) is 4.82. The van der Waals surface area contributed by atoms with E-state index < -0.39 is 6.04 Å². The molecule has 0 saturated carbocycles. The first-order valence-corrected chi connectivity index (χ1v) is 7.41. The van der Waals surface area contributed by atoms with Crippen LogP contribution >= 0.6 is 0 Å². The largest absolute Gasteiger partial charge is 0.356 e. The number of carbonyl (C=O) groups excluding carboxylic acids is 1. The van der Waals surface area contributed by atoms with Gasteiger partial charge in [-0.05, 0) is 31.7 Å². The number of aromatic nitrogens is 2. The number of aryl methyl sites for hydroxylation is 1. The zero-order valence-electron chi connectivity index (χ0n) is 13.2. The Labute approximate surface area is 126 Å². The van der Waals surface area contributed by atoms with E-state index >= 15 is 0 Å². The van der Waals surface area contributed by atoms with E-state index in [9.17, 15) is 10.1 Å². The van der Waals surface area contributed by atoms with Gasteiger partial charge in [-0.3, -0.25) is 4.79 Å². The number of hydrogen-bond donors (Lipinski definition) is 2. The van der Waals surface area contributed by atoms with Crippen LogP contribution in [0, 0.1) is 11.3 Å². The van der Waals surface area contributed by atoms with Crippen molar-refractivity contribution in [3.05, 3.63) is 16.8 Å². The van der Waals surface area contributed by atoms with Crippen molar-refractivity contribution in [3.63, 3.8) is 0 Å². The number of hydrogen-bond acceptors (Lipinski definition) is 5. The summed E-state index contributed by atoms with van der Waals surface area (Å²) >= 11 is 0. The second-order valence-corrected chi connectivity index (χ2v) is 4.82. The van der Waals surface area contributed by atoms with E-state index in [4.69, 9.17) is 0 Å². The summed E-state index contributed by atoms with van der Waals surface area (Å²) in [5.74, 6) is 0.269. The Bertz CT molecular complexity index is 536. The maximum absolute atomic E-state index is 11.9. The summed E-state index contributed by atoms with van der Waals surface area (Å²) < 4.78 is 0. The van der Waals surface area contributed by atoms with E-state index in [-0.39, 0.29) is 5.91 Å². The number of nitrogens with one attached hydrogen (secondary N) is 2. The molecule has 0 spiro atoms. The molecule has 2 N–H and O–H groups in total. The Hall–Kier alpha value is -2.16. The molecule has 6 nitrogen and oxygen atoms in total. The summed E-state index contributed by atoms with van der Waals surface area (Å²) in [4.78, 5) is 11.9. The third kappa shape index (κ3) is 4.15. The smallest absolute Gasteiger partial charge is 0.242 e. The van der Waals surface area contributed by atoms with Gasteiger partial charge in [-0.1, -0.05) is 20.8 Å². The van der Waals surface area contributed by atoms with Crippen LogP contribution in [0.4, 0.5) is 5.82 Å². The molecule has 0 aliphatic carbocycles. The molecule has 0 bridgehead atoms. The van der Waals surface area contributed by atoms with Gasteiger partial charge < -0.3 is 10.6 Å². The minimum atomic E-state index is -0.463. The highest BCUT2D eigenvalue weighted by Crippen LogP contribution is 2.20. The number of rotatable bonds is 7. The molecule has 21 heavy (non-hydrogen) atoms. The molecule has 114 valence electrons. The van der Waals surface area contributed by atoms with Gasteiger partial charge in [0.05, 0.1) is 5.69 Å². The van der Waals surface area contributed by atoms with E-state index in [2.05, 4.69) is 26.9 Å². The summed E-state index contributed by atoms with van der Waals surface area (Å²) in [6.45, 7) is 8.34. The summed E-state index contributed by atoms with van der Waals surface area (Å²) in [5.41, 5.74) is 2.22. The molecular formula is C15H23N5O. The van der Waals surface area contributed by atoms with Crippen molar-refractivity contribution in [1.29, 1.82) is 5.26 Å². The highest BCUT2D eigenvalue weighted by molar-refractivity contribution is 5.84. The summed E-state index contributed by atoms with van der Waals surface area (Å²) in [7, 11) is 0. The van der Waals surface area contributed by atoms with Gasteiger partial charge in [0.2, 0.25) is 5.91 Å². The Balaban J connectivity index is 2.99. The molecule has 0 fully saturated rings. The van der Waals surface area contributed by atoms with E-state index in [1.54, 1.807) is 6.92 Å². The Morgan fingerprint density at radius 1 is 1.29 bits per heavy atom. The van der Waals surface area contributed by atoms with Crippen molar-refractivity contribution in [2.24, 2.45) is 0 Å². The summed E-state index contributed by atoms with van der Waals surface area (Å²) in [6.07, 6.45) is 2.33. The van der Waals surface area contributed by atoms with Crippen LogP contribution in [0.1, 0.15) is 50.9 Å². The van der Waals surface area contributed by atoms with Gasteiger partial charge in [0.25, 0.3) is 0 Å². The van der Waals surface area contributed by atoms with E-state index in [1.807, 2.05) is 20.8 Å². The van der Waals surface area contributed by atoms with Crippen molar-refractivity contribution in [3.8, 4) is 6.07 Å². The molecule has 0 aliphatic rings. The van der Waals surface area contributed by atoms with Crippen molar-refractivity contribution >= 4 is 11.7 Å². The van der Waals surface area contributed by atoms with E-state index in [0.717, 1.165) is 24.1 Å². The summed E-state index contributed by atoms with van der Waals surface area (Å²) in [5, 5.41) is 23.4. The van der Waals surface area contributed by atoms with Crippen molar-refractivity contribution in [1.82, 2.24) is 15.5 Å². The average Bonchev–Trinajstić information content (AvgIpc) is 2.51. The van der Waals surface area contributed by atoms with E-state index in [1.165, 1.54) is 0 Å². The van der Waals surface area contributed by atoms with Gasteiger partial charge >= 0.3 is 0 Å². The monoisotopic (exact) mass is 289 g/mol. The standard InChI is InChI=1S/C15H23N5O/c1-5-8-17-15(21)10(4)18-14-12(9-16)11(6-2)13(7-3)19-20-14/h10H,5-8H2,1-4H3,(H,17,21)(H,18,20). The van der Waals surface area contributed by atoms with Crippen LogP contribution in [-0.4, -0.2) is 28.7 Å². The van der Waals surface area contributed by atoms with Crippen LogP contribution in [-0.2, 0) is 17.6 Å². The highest BCUT2D eigenvalue weighted by atomic mass is 16.2. The maximum Gasteiger partial charge on any atom is 0.242 e. The van der Waals surface area contributed by atoms with Gasteiger partial charge in [-0.25, -0.2) is 0 Å². The zero-order chi connectivity index (χ0) is 15.8. The van der Waals surface area contributed by atoms with Crippen molar-refractivity contribution in [2.75, 3.05) is 11.9 Å². The minimum absolute atomic E-state index is 0.111. The average molecular weight is 289 g/mol. The first-order chi connectivity index (χ1) is 10.1. The predicted molar refractivity (Wildman–Crippen MR) is 81.9 cm³/mol. The highest BCUT2D eigenvalue weighted by Gasteiger charge is 2.18. The van der Waals surface area contributed by atoms with Crippen molar-refractivity contribution < 1.29 is 4.79 Å². The Morgan fingerprint density at radius 2 is 2.00 bits per heavy atom. The molecular weight excluding hydrogens is 266 g/mol. The molecule has 0 radical (unpaired) electrons. The van der Waals surface area contributed by atoms with Crippen LogP contribution in [0.5, 0.6) is 0 Å². The van der Waals surface area contributed by atoms with Crippen LogP contribution < -0.4 is 10.6 Å². The zero-order valence-corrected chi connectivity index (χ0v) is 13.2. The van der Waals surface area contributed by atoms with Crippen molar-refractivity contribution in [2.45, 2.75) is 53.0 Å². The lowest BCUT2D eigenvalue weighted by atomic mass is 10.0. The predicted octanol–water partition coefficient (Wildman–Crippen LogP) is 1.80. The van der Waals surface area contributed by atoms with Gasteiger partial charge in [0, 0.05) is 6.54 Å². The lowest BCUT2D eigenvalue weighted by Crippen LogP contribution is -2.38. The quantitative estimate of drug-likeness (QED) is 0.798. The molecule has 6 heteroatoms. The molecule has 1 amide bonds. The van der Waals surface area contributed by atoms with Crippen LogP contribution in [0.25, 0.3) is 0 Å². The first kappa shape index (κ1) is 16.9. The lowest BCUT2D eigenvalue weighted by Gasteiger charge is -2.16. The maximum atomic E-state index is 11.9. The fraction of sp³-hybridized carbons (Fsp3) is 0.600. The van der Waals surface area contributed by atoms with Gasteiger partial charge in [-0.15, -0.1) is 5.10 Å². The van der Waals surface area contributed by atoms with E-state index in [0.29, 0.717) is 24.3 Å². The molecule has 0 aromatic carbocycles. The first-order valence-electron chi connectivity index (χ1n) is 7.41. The normalized spacial score (nSPS) is 11.6. The second kappa shape index (κ2) is 8.20. The number of amides is 1. The topological polar surface area (TPSA) is 90.7 Å². The van der Waals surface area contributed by atoms with Crippen LogP contribution in [0.2, 0.25) is 0 Å². The van der Waals surface area contributed by atoms with Gasteiger partial charge in [-0.2, -0.15) is 10.4 Å². The van der Waals surface area contributed by atoms with Gasteiger partial charge in [0.15, 0.2) is 5.82 Å². The van der Waals surface area contributed by atoms with Crippen LogP contribution in [0.3, 0.4) is 0 Å². The molecule has 1 heterocycles. The molecule has 0 saturated heterocycles. The third-order valence-corrected chi connectivity index (χ3v) is 3.25. The fourth-order valence-electron chi connectivity index (χ4n) is 2.07. The minimum Gasteiger partial charge on any atom is -0.356 e. The molecule has 1 atom stereocenters. The molecule has 1 aromatic heterocycles. The molecule has 1 rings (SSSR count). The van der Waals surface area contributed by atoms with Gasteiger partial charge in [0.1, 0.15) is 17.7 Å². The Morgan fingerprint density at radius 3 is 2.52 bits per heavy atom. The molecule has 1 unspecified atom stereocenters. The third-order valence-electron chi connectivity index (χ3n) is 3.25. The number of anilines is 1. The fourth-order valence-corrected chi connectivity index (χ4v) is 2.07. The number of nitrogens with zero attached hydrogens (tertiary/aromatic N) is 3. The SMILES string of the molecule is CCCNC(=O)C(C)Nc1nnc(CC)c(CC)c1C#N.